The zero-order valence-corrected chi connectivity index (χ0v) is 13.3. The van der Waals surface area contributed by atoms with E-state index >= 15 is 0 Å². The molecule has 2 aromatic heterocycles. The molecule has 116 valence electrons. The van der Waals surface area contributed by atoms with Gasteiger partial charge in [0.1, 0.15) is 17.4 Å². The molecule has 2 heterocycles. The van der Waals surface area contributed by atoms with Crippen LogP contribution in [0, 0.1) is 11.3 Å². The van der Waals surface area contributed by atoms with Crippen molar-refractivity contribution in [2.24, 2.45) is 0 Å². The van der Waals surface area contributed by atoms with E-state index in [0.717, 1.165) is 10.1 Å². The first-order valence-corrected chi connectivity index (χ1v) is 7.35. The second-order valence-corrected chi connectivity index (χ2v) is 5.67. The summed E-state index contributed by atoms with van der Waals surface area (Å²) in [5.41, 5.74) is 1.63. The van der Waals surface area contributed by atoms with Gasteiger partial charge in [0, 0.05) is 11.6 Å². The average Bonchev–Trinajstić information content (AvgIpc) is 2.92. The number of hydrogen-bond acceptors (Lipinski definition) is 4. The van der Waals surface area contributed by atoms with Crippen LogP contribution in [0.4, 0.5) is 0 Å². The summed E-state index contributed by atoms with van der Waals surface area (Å²) < 4.78 is 6.82. The third-order valence-corrected chi connectivity index (χ3v) is 3.54. The van der Waals surface area contributed by atoms with Crippen LogP contribution in [-0.4, -0.2) is 20.7 Å². The lowest BCUT2D eigenvalue weighted by Gasteiger charge is -2.13. The van der Waals surface area contributed by atoms with Gasteiger partial charge in [-0.1, -0.05) is 17.7 Å². The number of hydrogen-bond donors (Lipinski definition) is 1. The Morgan fingerprint density at radius 3 is 2.87 bits per heavy atom. The molecule has 0 saturated carbocycles. The zero-order chi connectivity index (χ0) is 16.6. The maximum absolute atomic E-state index is 12.1. The van der Waals surface area contributed by atoms with Crippen molar-refractivity contribution in [2.45, 2.75) is 20.0 Å². The Balaban J connectivity index is 2.17. The molecule has 1 aromatic carbocycles. The smallest absolute Gasteiger partial charge is 0.274 e. The van der Waals surface area contributed by atoms with Gasteiger partial charge >= 0.3 is 0 Å². The van der Waals surface area contributed by atoms with Crippen molar-refractivity contribution in [1.82, 2.24) is 14.6 Å². The van der Waals surface area contributed by atoms with Gasteiger partial charge in [-0.3, -0.25) is 4.79 Å². The first-order valence-electron chi connectivity index (χ1n) is 6.97. The van der Waals surface area contributed by atoms with Gasteiger partial charge in [0.05, 0.1) is 23.0 Å². The molecule has 0 amide bonds. The van der Waals surface area contributed by atoms with Crippen LogP contribution in [-0.2, 0) is 0 Å². The topological polar surface area (TPSA) is 83.2 Å². The second kappa shape index (κ2) is 5.78. The minimum atomic E-state index is -0.323. The van der Waals surface area contributed by atoms with E-state index in [1.54, 1.807) is 18.2 Å². The van der Waals surface area contributed by atoms with Crippen LogP contribution in [0.2, 0.25) is 5.02 Å². The molecule has 0 aliphatic carbocycles. The van der Waals surface area contributed by atoms with Gasteiger partial charge in [0.2, 0.25) is 0 Å². The normalized spacial score (nSPS) is 10.9. The highest BCUT2D eigenvalue weighted by atomic mass is 35.5. The molecule has 0 bridgehead atoms. The van der Waals surface area contributed by atoms with E-state index in [4.69, 9.17) is 21.6 Å². The lowest BCUT2D eigenvalue weighted by atomic mass is 10.1. The number of rotatable bonds is 3. The van der Waals surface area contributed by atoms with Crippen LogP contribution in [0.1, 0.15) is 19.4 Å². The van der Waals surface area contributed by atoms with Gasteiger partial charge in [-0.25, -0.2) is 0 Å². The van der Waals surface area contributed by atoms with E-state index in [2.05, 4.69) is 10.1 Å². The number of ether oxygens (including phenoxy) is 1. The number of H-pyrrole nitrogens is 1. The Hall–Kier alpha value is -2.78. The lowest BCUT2D eigenvalue weighted by molar-refractivity contribution is 0.242. The molecule has 1 N–H and O–H groups in total. The number of benzene rings is 1. The van der Waals surface area contributed by atoms with Gasteiger partial charge in [-0.05, 0) is 26.0 Å². The van der Waals surface area contributed by atoms with Crippen LogP contribution < -0.4 is 10.3 Å². The first kappa shape index (κ1) is 15.1. The molecule has 0 radical (unpaired) electrons. The molecule has 23 heavy (non-hydrogen) atoms. The van der Waals surface area contributed by atoms with Crippen molar-refractivity contribution in [3.05, 3.63) is 51.4 Å². The third kappa shape index (κ3) is 2.79. The molecule has 0 saturated heterocycles. The van der Waals surface area contributed by atoms with E-state index in [-0.39, 0.29) is 11.7 Å². The van der Waals surface area contributed by atoms with Crippen molar-refractivity contribution >= 4 is 17.2 Å². The molecule has 0 aliphatic rings. The molecular weight excluding hydrogens is 316 g/mol. The fourth-order valence-corrected chi connectivity index (χ4v) is 2.40. The molecule has 7 heteroatoms. The van der Waals surface area contributed by atoms with Crippen LogP contribution in [0.5, 0.6) is 5.75 Å². The third-order valence-electron chi connectivity index (χ3n) is 3.22. The minimum absolute atomic E-state index is 0.0238. The number of aromatic nitrogens is 3. The number of nitriles is 1. The van der Waals surface area contributed by atoms with Gasteiger partial charge < -0.3 is 9.72 Å². The molecule has 3 aromatic rings. The van der Waals surface area contributed by atoms with E-state index in [9.17, 15) is 4.79 Å². The molecular formula is C16H13ClN4O2. The SMILES string of the molecule is CC(C)Oc1cc(-c2cc(=O)n3ncc(C#N)c3[nH]2)ccc1Cl. The van der Waals surface area contributed by atoms with Crippen LogP contribution in [0.3, 0.4) is 0 Å². The summed E-state index contributed by atoms with van der Waals surface area (Å²) in [6.45, 7) is 3.81. The van der Waals surface area contributed by atoms with Gasteiger partial charge in [0.15, 0.2) is 5.65 Å². The maximum Gasteiger partial charge on any atom is 0.274 e. The van der Waals surface area contributed by atoms with Gasteiger partial charge in [-0.15, -0.1) is 0 Å². The van der Waals surface area contributed by atoms with Crippen molar-refractivity contribution < 1.29 is 4.74 Å². The first-order chi connectivity index (χ1) is 11.0. The number of fused-ring (bicyclic) bond motifs is 1. The van der Waals surface area contributed by atoms with E-state index in [1.165, 1.54) is 12.3 Å². The summed E-state index contributed by atoms with van der Waals surface area (Å²) in [5.74, 6) is 0.536. The van der Waals surface area contributed by atoms with E-state index in [1.807, 2.05) is 19.9 Å². The fourth-order valence-electron chi connectivity index (χ4n) is 2.24. The summed E-state index contributed by atoms with van der Waals surface area (Å²) in [6, 6.07) is 8.66. The summed E-state index contributed by atoms with van der Waals surface area (Å²) in [6.07, 6.45) is 1.33. The summed E-state index contributed by atoms with van der Waals surface area (Å²) in [4.78, 5) is 15.2. The van der Waals surface area contributed by atoms with Crippen LogP contribution >= 0.6 is 11.6 Å². The highest BCUT2D eigenvalue weighted by Gasteiger charge is 2.11. The Morgan fingerprint density at radius 2 is 2.17 bits per heavy atom. The molecule has 3 rings (SSSR count). The predicted octanol–water partition coefficient (Wildman–Crippen LogP) is 3.00. The minimum Gasteiger partial charge on any atom is -0.489 e. The standard InChI is InChI=1S/C16H13ClN4O2/c1-9(2)23-14-5-10(3-4-12(14)17)13-6-15(22)21-16(20-13)11(7-18)8-19-21/h3-6,8-9,20H,1-2H3. The van der Waals surface area contributed by atoms with Crippen LogP contribution in [0.15, 0.2) is 35.3 Å². The van der Waals surface area contributed by atoms with E-state index in [0.29, 0.717) is 27.7 Å². The van der Waals surface area contributed by atoms with Crippen LogP contribution in [0.25, 0.3) is 16.9 Å². The molecule has 0 aliphatic heterocycles. The monoisotopic (exact) mass is 328 g/mol. The zero-order valence-electron chi connectivity index (χ0n) is 12.5. The highest BCUT2D eigenvalue weighted by Crippen LogP contribution is 2.30. The van der Waals surface area contributed by atoms with Crippen molar-refractivity contribution in [2.75, 3.05) is 0 Å². The van der Waals surface area contributed by atoms with Gasteiger partial charge in [0.25, 0.3) is 5.56 Å². The number of aromatic amines is 1. The lowest BCUT2D eigenvalue weighted by Crippen LogP contribution is -2.14. The second-order valence-electron chi connectivity index (χ2n) is 5.26. The number of nitrogens with one attached hydrogen (secondary N) is 1. The molecule has 0 unspecified atom stereocenters. The van der Waals surface area contributed by atoms with E-state index < -0.39 is 0 Å². The highest BCUT2D eigenvalue weighted by molar-refractivity contribution is 6.32. The largest absolute Gasteiger partial charge is 0.489 e. The molecule has 0 spiro atoms. The van der Waals surface area contributed by atoms with Crippen molar-refractivity contribution in [3.63, 3.8) is 0 Å². The maximum atomic E-state index is 12.1. The Morgan fingerprint density at radius 1 is 1.39 bits per heavy atom. The predicted molar refractivity (Wildman–Crippen MR) is 86.7 cm³/mol. The van der Waals surface area contributed by atoms with Crippen molar-refractivity contribution in [3.8, 4) is 23.1 Å². The molecule has 0 atom stereocenters. The summed E-state index contributed by atoms with van der Waals surface area (Å²) in [7, 11) is 0. The van der Waals surface area contributed by atoms with Gasteiger partial charge in [-0.2, -0.15) is 14.9 Å². The number of halogens is 1. The summed E-state index contributed by atoms with van der Waals surface area (Å²) in [5, 5.41) is 13.5. The molecule has 0 fully saturated rings. The molecule has 6 nitrogen and oxygen atoms in total. The Kier molecular flexibility index (Phi) is 3.80. The quantitative estimate of drug-likeness (QED) is 0.801. The Labute approximate surface area is 136 Å². The number of nitrogens with zero attached hydrogens (tertiary/aromatic N) is 3. The average molecular weight is 329 g/mol. The van der Waals surface area contributed by atoms with Crippen molar-refractivity contribution in [1.29, 1.82) is 5.26 Å². The summed E-state index contributed by atoms with van der Waals surface area (Å²) >= 11 is 6.13. The Bertz CT molecular complexity index is 982. The fraction of sp³-hybridized carbons (Fsp3) is 0.188.